The van der Waals surface area contributed by atoms with E-state index < -0.39 is 0 Å². The molecule has 0 amide bonds. The summed E-state index contributed by atoms with van der Waals surface area (Å²) in [6.07, 6.45) is 5.99. The van der Waals surface area contributed by atoms with Gasteiger partial charge < -0.3 is 10.8 Å². The molecule has 5 nitrogen and oxygen atoms in total. The van der Waals surface area contributed by atoms with E-state index in [0.29, 0.717) is 24.3 Å². The molecule has 1 fully saturated rings. The first-order valence-electron chi connectivity index (χ1n) is 11.3. The number of rotatable bonds is 6. The SMILES string of the molecule is C[C@@H](O)CCc1ncc2cc(-c3ccccc3)c(-c3ccc(C4(N)CCC4)cc3)nc2n1. The van der Waals surface area contributed by atoms with Crippen LogP contribution in [0.5, 0.6) is 0 Å². The highest BCUT2D eigenvalue weighted by Gasteiger charge is 2.34. The summed E-state index contributed by atoms with van der Waals surface area (Å²) < 4.78 is 0. The predicted octanol–water partition coefficient (Wildman–Crippen LogP) is 5.01. The molecule has 0 saturated heterocycles. The third-order valence-corrected chi connectivity index (χ3v) is 6.47. The molecule has 0 unspecified atom stereocenters. The van der Waals surface area contributed by atoms with Crippen molar-refractivity contribution >= 4 is 11.0 Å². The molecule has 5 heteroatoms. The van der Waals surface area contributed by atoms with Crippen LogP contribution in [0, 0.1) is 0 Å². The second kappa shape index (κ2) is 8.41. The van der Waals surface area contributed by atoms with Gasteiger partial charge >= 0.3 is 0 Å². The van der Waals surface area contributed by atoms with E-state index in [0.717, 1.165) is 40.6 Å². The van der Waals surface area contributed by atoms with Crippen LogP contribution in [0.2, 0.25) is 0 Å². The Bertz CT molecular complexity index is 1230. The Morgan fingerprint density at radius 2 is 1.75 bits per heavy atom. The van der Waals surface area contributed by atoms with Crippen molar-refractivity contribution in [1.29, 1.82) is 0 Å². The Balaban J connectivity index is 1.60. The Hall–Kier alpha value is -3.15. The first kappa shape index (κ1) is 20.7. The lowest BCUT2D eigenvalue weighted by Gasteiger charge is -2.38. The van der Waals surface area contributed by atoms with Crippen LogP contribution >= 0.6 is 0 Å². The molecule has 0 bridgehead atoms. The van der Waals surface area contributed by atoms with Gasteiger partial charge in [-0.1, -0.05) is 54.6 Å². The highest BCUT2D eigenvalue weighted by molar-refractivity contribution is 5.89. The lowest BCUT2D eigenvalue weighted by Crippen LogP contribution is -2.43. The van der Waals surface area contributed by atoms with Gasteiger partial charge in [-0.3, -0.25) is 0 Å². The van der Waals surface area contributed by atoms with E-state index in [1.807, 2.05) is 24.4 Å². The highest BCUT2D eigenvalue weighted by atomic mass is 16.3. The van der Waals surface area contributed by atoms with Crippen LogP contribution in [0.1, 0.15) is 44.0 Å². The zero-order chi connectivity index (χ0) is 22.1. The van der Waals surface area contributed by atoms with Crippen LogP contribution < -0.4 is 5.73 Å². The van der Waals surface area contributed by atoms with Gasteiger partial charge in [-0.2, -0.15) is 0 Å². The summed E-state index contributed by atoms with van der Waals surface area (Å²) in [6.45, 7) is 1.78. The summed E-state index contributed by atoms with van der Waals surface area (Å²) in [5.74, 6) is 0.703. The first-order chi connectivity index (χ1) is 15.5. The fourth-order valence-corrected chi connectivity index (χ4v) is 4.32. The fraction of sp³-hybridized carbons (Fsp3) is 0.296. The summed E-state index contributed by atoms with van der Waals surface area (Å²) in [7, 11) is 0. The Morgan fingerprint density at radius 1 is 1.00 bits per heavy atom. The number of nitrogens with zero attached hydrogens (tertiary/aromatic N) is 3. The number of benzene rings is 2. The van der Waals surface area contributed by atoms with Crippen molar-refractivity contribution in [2.45, 2.75) is 50.7 Å². The van der Waals surface area contributed by atoms with E-state index in [-0.39, 0.29) is 11.6 Å². The molecule has 0 spiro atoms. The molecule has 1 aliphatic rings. The summed E-state index contributed by atoms with van der Waals surface area (Å²) in [4.78, 5) is 14.2. The van der Waals surface area contributed by atoms with Crippen molar-refractivity contribution in [1.82, 2.24) is 15.0 Å². The Morgan fingerprint density at radius 3 is 2.41 bits per heavy atom. The normalized spacial score (nSPS) is 16.0. The van der Waals surface area contributed by atoms with Crippen molar-refractivity contribution in [3.05, 3.63) is 78.2 Å². The topological polar surface area (TPSA) is 84.9 Å². The lowest BCUT2D eigenvalue weighted by atomic mass is 9.72. The van der Waals surface area contributed by atoms with E-state index in [1.165, 1.54) is 12.0 Å². The van der Waals surface area contributed by atoms with E-state index in [1.54, 1.807) is 6.92 Å². The van der Waals surface area contributed by atoms with Crippen molar-refractivity contribution in [2.75, 3.05) is 0 Å². The molecule has 0 radical (unpaired) electrons. The van der Waals surface area contributed by atoms with Gasteiger partial charge in [0, 0.05) is 34.7 Å². The number of hydrogen-bond acceptors (Lipinski definition) is 5. The van der Waals surface area contributed by atoms with Crippen molar-refractivity contribution in [2.24, 2.45) is 5.73 Å². The number of aliphatic hydroxyl groups excluding tert-OH is 1. The molecule has 32 heavy (non-hydrogen) atoms. The summed E-state index contributed by atoms with van der Waals surface area (Å²) in [5.41, 5.74) is 12.3. The summed E-state index contributed by atoms with van der Waals surface area (Å²) >= 11 is 0. The van der Waals surface area contributed by atoms with Gasteiger partial charge in [0.05, 0.1) is 11.8 Å². The Labute approximate surface area is 188 Å². The maximum absolute atomic E-state index is 9.60. The fourth-order valence-electron chi connectivity index (χ4n) is 4.32. The largest absolute Gasteiger partial charge is 0.393 e. The lowest BCUT2D eigenvalue weighted by molar-refractivity contribution is 0.184. The predicted molar refractivity (Wildman–Crippen MR) is 128 cm³/mol. The van der Waals surface area contributed by atoms with Gasteiger partial charge in [-0.05, 0) is 49.8 Å². The molecule has 2 aromatic heterocycles. The van der Waals surface area contributed by atoms with Crippen LogP contribution in [0.4, 0.5) is 0 Å². The van der Waals surface area contributed by atoms with Crippen LogP contribution in [-0.2, 0) is 12.0 Å². The molecular weight excluding hydrogens is 396 g/mol. The van der Waals surface area contributed by atoms with Crippen LogP contribution in [0.15, 0.2) is 66.9 Å². The standard InChI is InChI=1S/C27H28N4O/c1-18(32)8-13-24-29-17-21-16-23(19-6-3-2-4-7-19)25(31-26(21)30-24)20-9-11-22(12-10-20)27(28)14-5-15-27/h2-4,6-7,9-12,16-18,32H,5,8,13-15,28H2,1H3/t18-/m1/s1. The van der Waals surface area contributed by atoms with Crippen molar-refractivity contribution in [3.63, 3.8) is 0 Å². The van der Waals surface area contributed by atoms with Crippen LogP contribution in [-0.4, -0.2) is 26.2 Å². The monoisotopic (exact) mass is 424 g/mol. The molecule has 1 aliphatic carbocycles. The van der Waals surface area contributed by atoms with Gasteiger partial charge in [0.25, 0.3) is 0 Å². The van der Waals surface area contributed by atoms with E-state index >= 15 is 0 Å². The summed E-state index contributed by atoms with van der Waals surface area (Å²) in [5, 5.41) is 10.5. The maximum atomic E-state index is 9.60. The van der Waals surface area contributed by atoms with E-state index in [9.17, 15) is 5.11 Å². The van der Waals surface area contributed by atoms with Crippen LogP contribution in [0.3, 0.4) is 0 Å². The second-order valence-electron chi connectivity index (χ2n) is 8.92. The minimum atomic E-state index is -0.377. The molecule has 1 atom stereocenters. The first-order valence-corrected chi connectivity index (χ1v) is 11.3. The molecule has 1 saturated carbocycles. The number of aliphatic hydroxyl groups is 1. The molecule has 2 heterocycles. The minimum Gasteiger partial charge on any atom is -0.393 e. The third-order valence-electron chi connectivity index (χ3n) is 6.47. The van der Waals surface area contributed by atoms with Gasteiger partial charge in [-0.25, -0.2) is 15.0 Å². The third kappa shape index (κ3) is 4.01. The van der Waals surface area contributed by atoms with Crippen LogP contribution in [0.25, 0.3) is 33.4 Å². The molecule has 0 aliphatic heterocycles. The zero-order valence-electron chi connectivity index (χ0n) is 18.3. The Kier molecular flexibility index (Phi) is 5.45. The smallest absolute Gasteiger partial charge is 0.163 e. The molecule has 3 N–H and O–H groups in total. The molecule has 5 rings (SSSR count). The van der Waals surface area contributed by atoms with Gasteiger partial charge in [0.15, 0.2) is 5.65 Å². The number of aryl methyl sites for hydroxylation is 1. The maximum Gasteiger partial charge on any atom is 0.163 e. The van der Waals surface area contributed by atoms with Crippen molar-refractivity contribution < 1.29 is 5.11 Å². The quantitative estimate of drug-likeness (QED) is 0.454. The average Bonchev–Trinajstić information content (AvgIpc) is 2.81. The van der Waals surface area contributed by atoms with Crippen molar-refractivity contribution in [3.8, 4) is 22.4 Å². The molecular formula is C27H28N4O. The number of nitrogens with two attached hydrogens (primary N) is 1. The minimum absolute atomic E-state index is 0.177. The number of fused-ring (bicyclic) bond motifs is 1. The zero-order valence-corrected chi connectivity index (χ0v) is 18.3. The van der Waals surface area contributed by atoms with E-state index in [2.05, 4.69) is 47.4 Å². The number of pyridine rings is 1. The highest BCUT2D eigenvalue weighted by Crippen LogP contribution is 2.40. The number of aromatic nitrogens is 3. The van der Waals surface area contributed by atoms with E-state index in [4.69, 9.17) is 15.7 Å². The van der Waals surface area contributed by atoms with Gasteiger partial charge in [0.2, 0.25) is 0 Å². The van der Waals surface area contributed by atoms with Gasteiger partial charge in [0.1, 0.15) is 5.82 Å². The average molecular weight is 425 g/mol. The van der Waals surface area contributed by atoms with Gasteiger partial charge in [-0.15, -0.1) is 0 Å². The summed E-state index contributed by atoms with van der Waals surface area (Å²) in [6, 6.07) is 20.9. The second-order valence-corrected chi connectivity index (χ2v) is 8.92. The molecule has 162 valence electrons. The molecule has 4 aromatic rings. The molecule has 2 aromatic carbocycles. The number of hydrogen-bond donors (Lipinski definition) is 2.